The maximum absolute atomic E-state index is 12.4. The molecule has 1 aliphatic heterocycles. The van der Waals surface area contributed by atoms with Crippen LogP contribution in [0.4, 0.5) is 0 Å². The highest BCUT2D eigenvalue weighted by molar-refractivity contribution is 7.10. The van der Waals surface area contributed by atoms with Gasteiger partial charge >= 0.3 is 0 Å². The second kappa shape index (κ2) is 8.67. The fourth-order valence-electron chi connectivity index (χ4n) is 3.73. The van der Waals surface area contributed by atoms with E-state index in [4.69, 9.17) is 0 Å². The van der Waals surface area contributed by atoms with Crippen LogP contribution < -0.4 is 10.9 Å². The quantitative estimate of drug-likeness (QED) is 0.644. The van der Waals surface area contributed by atoms with Gasteiger partial charge in [-0.15, -0.1) is 11.3 Å². The van der Waals surface area contributed by atoms with Gasteiger partial charge in [0.05, 0.1) is 16.9 Å². The maximum atomic E-state index is 12.4. The van der Waals surface area contributed by atoms with Gasteiger partial charge < -0.3 is 10.3 Å². The van der Waals surface area contributed by atoms with Gasteiger partial charge in [0, 0.05) is 24.3 Å². The standard InChI is InChI=1S/C21H24N4O2S/c26-20(10-9-19-23-16-7-2-1-6-15(16)21(27)24-19)22-14-17(18-8-5-13-28-18)25-11-3-4-12-25/h1-2,5-8,13,17H,3-4,9-12,14H2,(H,22,26)(H,23,24,27)/t17-/m0/s1. The van der Waals surface area contributed by atoms with Gasteiger partial charge in [-0.05, 0) is 49.5 Å². The highest BCUT2D eigenvalue weighted by atomic mass is 32.1. The first kappa shape index (κ1) is 18.8. The monoisotopic (exact) mass is 396 g/mol. The van der Waals surface area contributed by atoms with Crippen molar-refractivity contribution in [2.45, 2.75) is 31.7 Å². The Morgan fingerprint density at radius 1 is 1.21 bits per heavy atom. The number of thiophene rings is 1. The minimum Gasteiger partial charge on any atom is -0.354 e. The first-order chi connectivity index (χ1) is 13.7. The summed E-state index contributed by atoms with van der Waals surface area (Å²) in [7, 11) is 0. The first-order valence-corrected chi connectivity index (χ1v) is 10.6. The Kier molecular flexibility index (Phi) is 5.83. The zero-order chi connectivity index (χ0) is 19.3. The minimum atomic E-state index is -0.159. The van der Waals surface area contributed by atoms with Gasteiger partial charge in [0.25, 0.3) is 5.56 Å². The van der Waals surface area contributed by atoms with Crippen LogP contribution in [0.3, 0.4) is 0 Å². The van der Waals surface area contributed by atoms with Gasteiger partial charge in [0.1, 0.15) is 5.82 Å². The number of likely N-dealkylation sites (tertiary alicyclic amines) is 1. The number of hydrogen-bond donors (Lipinski definition) is 2. The van der Waals surface area contributed by atoms with Crippen LogP contribution in [0.1, 0.15) is 36.0 Å². The van der Waals surface area contributed by atoms with Crippen LogP contribution >= 0.6 is 11.3 Å². The lowest BCUT2D eigenvalue weighted by molar-refractivity contribution is -0.121. The minimum absolute atomic E-state index is 0.0171. The van der Waals surface area contributed by atoms with Crippen LogP contribution in [0, 0.1) is 0 Å². The number of nitrogens with one attached hydrogen (secondary N) is 2. The number of aromatic amines is 1. The summed E-state index contributed by atoms with van der Waals surface area (Å²) >= 11 is 1.74. The van der Waals surface area contributed by atoms with E-state index < -0.39 is 0 Å². The van der Waals surface area contributed by atoms with Crippen molar-refractivity contribution in [2.75, 3.05) is 19.6 Å². The predicted molar refractivity (Wildman–Crippen MR) is 112 cm³/mol. The number of aryl methyl sites for hydroxylation is 1. The van der Waals surface area contributed by atoms with E-state index in [2.05, 4.69) is 37.7 Å². The molecule has 7 heteroatoms. The smallest absolute Gasteiger partial charge is 0.258 e. The number of para-hydroxylation sites is 1. The lowest BCUT2D eigenvalue weighted by Crippen LogP contribution is -2.36. The Labute approximate surface area is 167 Å². The molecule has 0 unspecified atom stereocenters. The Morgan fingerprint density at radius 2 is 2.04 bits per heavy atom. The molecule has 4 rings (SSSR count). The van der Waals surface area contributed by atoms with Crippen LogP contribution in [-0.4, -0.2) is 40.4 Å². The van der Waals surface area contributed by atoms with E-state index >= 15 is 0 Å². The number of amides is 1. The largest absolute Gasteiger partial charge is 0.354 e. The number of fused-ring (bicyclic) bond motifs is 1. The van der Waals surface area contributed by atoms with Crippen LogP contribution in [0.5, 0.6) is 0 Å². The van der Waals surface area contributed by atoms with Crippen molar-refractivity contribution < 1.29 is 4.79 Å². The predicted octanol–water partition coefficient (Wildman–Crippen LogP) is 2.87. The molecule has 3 heterocycles. The molecule has 0 radical (unpaired) electrons. The van der Waals surface area contributed by atoms with Gasteiger partial charge in [-0.25, -0.2) is 4.98 Å². The van der Waals surface area contributed by atoms with E-state index in [-0.39, 0.29) is 17.5 Å². The topological polar surface area (TPSA) is 78.1 Å². The van der Waals surface area contributed by atoms with Gasteiger partial charge in [0.15, 0.2) is 0 Å². The Balaban J connectivity index is 1.35. The summed E-state index contributed by atoms with van der Waals surface area (Å²) in [6, 6.07) is 11.7. The molecule has 2 aromatic heterocycles. The van der Waals surface area contributed by atoms with Crippen molar-refractivity contribution in [3.63, 3.8) is 0 Å². The maximum Gasteiger partial charge on any atom is 0.258 e. The molecule has 0 aliphatic carbocycles. The number of rotatable bonds is 7. The number of H-pyrrole nitrogens is 1. The Morgan fingerprint density at radius 3 is 2.82 bits per heavy atom. The second-order valence-corrected chi connectivity index (χ2v) is 8.09. The number of benzene rings is 1. The summed E-state index contributed by atoms with van der Waals surface area (Å²) in [6.07, 6.45) is 3.16. The van der Waals surface area contributed by atoms with E-state index in [9.17, 15) is 9.59 Å². The molecule has 0 bridgehead atoms. The fraction of sp³-hybridized carbons (Fsp3) is 0.381. The van der Waals surface area contributed by atoms with E-state index in [1.807, 2.05) is 18.2 Å². The zero-order valence-electron chi connectivity index (χ0n) is 15.7. The molecule has 0 saturated carbocycles. The van der Waals surface area contributed by atoms with E-state index in [1.165, 1.54) is 17.7 Å². The molecule has 1 atom stereocenters. The SMILES string of the molecule is O=C(CCc1nc2ccccc2c(=O)[nH]1)NC[C@@H](c1cccs1)N1CCCC1. The summed E-state index contributed by atoms with van der Waals surface area (Å²) < 4.78 is 0. The van der Waals surface area contributed by atoms with Gasteiger partial charge in [-0.1, -0.05) is 18.2 Å². The van der Waals surface area contributed by atoms with E-state index in [0.29, 0.717) is 36.1 Å². The zero-order valence-corrected chi connectivity index (χ0v) is 16.5. The van der Waals surface area contributed by atoms with Crippen molar-refractivity contribution in [3.8, 4) is 0 Å². The molecule has 146 valence electrons. The van der Waals surface area contributed by atoms with Crippen LogP contribution in [0.15, 0.2) is 46.6 Å². The Hall–Kier alpha value is -2.51. The number of aromatic nitrogens is 2. The van der Waals surface area contributed by atoms with E-state index in [1.54, 1.807) is 17.4 Å². The molecule has 1 saturated heterocycles. The van der Waals surface area contributed by atoms with Crippen LogP contribution in [-0.2, 0) is 11.2 Å². The molecule has 1 amide bonds. The van der Waals surface area contributed by atoms with Crippen LogP contribution in [0.25, 0.3) is 10.9 Å². The van der Waals surface area contributed by atoms with Gasteiger partial charge in [-0.2, -0.15) is 0 Å². The summed E-state index contributed by atoms with van der Waals surface area (Å²) in [5.41, 5.74) is 0.501. The van der Waals surface area contributed by atoms with Crippen molar-refractivity contribution in [1.82, 2.24) is 20.2 Å². The van der Waals surface area contributed by atoms with Crippen molar-refractivity contribution >= 4 is 28.1 Å². The number of nitrogens with zero attached hydrogens (tertiary/aromatic N) is 2. The van der Waals surface area contributed by atoms with Crippen molar-refractivity contribution in [3.05, 3.63) is 62.8 Å². The molecular formula is C21H24N4O2S. The number of carbonyl (C=O) groups is 1. The lowest BCUT2D eigenvalue weighted by atomic mass is 10.2. The average molecular weight is 397 g/mol. The molecule has 0 spiro atoms. The third-order valence-corrected chi connectivity index (χ3v) is 6.17. The molecule has 28 heavy (non-hydrogen) atoms. The third-order valence-electron chi connectivity index (χ3n) is 5.20. The average Bonchev–Trinajstić information content (AvgIpc) is 3.41. The molecule has 3 aromatic rings. The molecule has 2 N–H and O–H groups in total. The highest BCUT2D eigenvalue weighted by Gasteiger charge is 2.24. The molecule has 1 aliphatic rings. The molecule has 6 nitrogen and oxygen atoms in total. The first-order valence-electron chi connectivity index (χ1n) is 9.73. The van der Waals surface area contributed by atoms with Crippen molar-refractivity contribution in [1.29, 1.82) is 0 Å². The third kappa shape index (κ3) is 4.31. The van der Waals surface area contributed by atoms with E-state index in [0.717, 1.165) is 13.1 Å². The second-order valence-electron chi connectivity index (χ2n) is 7.11. The Bertz CT molecular complexity index is 993. The summed E-state index contributed by atoms with van der Waals surface area (Å²) in [5, 5.41) is 5.73. The lowest BCUT2D eigenvalue weighted by Gasteiger charge is -2.26. The number of hydrogen-bond acceptors (Lipinski definition) is 5. The normalized spacial score (nSPS) is 15.7. The molecule has 1 fully saturated rings. The van der Waals surface area contributed by atoms with Crippen LogP contribution in [0.2, 0.25) is 0 Å². The van der Waals surface area contributed by atoms with Gasteiger partial charge in [-0.3, -0.25) is 14.5 Å². The molecular weight excluding hydrogens is 372 g/mol. The molecule has 1 aromatic carbocycles. The summed E-state index contributed by atoms with van der Waals surface area (Å²) in [6.45, 7) is 2.78. The highest BCUT2D eigenvalue weighted by Crippen LogP contribution is 2.27. The van der Waals surface area contributed by atoms with Gasteiger partial charge in [0.2, 0.25) is 5.91 Å². The fourth-order valence-corrected chi connectivity index (χ4v) is 4.59. The number of carbonyl (C=O) groups excluding carboxylic acids is 1. The summed E-state index contributed by atoms with van der Waals surface area (Å²) in [5.74, 6) is 0.532. The van der Waals surface area contributed by atoms with Crippen molar-refractivity contribution in [2.24, 2.45) is 0 Å². The summed E-state index contributed by atoms with van der Waals surface area (Å²) in [4.78, 5) is 35.5.